The Labute approximate surface area is 128 Å². The van der Waals surface area contributed by atoms with Crippen molar-refractivity contribution < 1.29 is 29.2 Å². The van der Waals surface area contributed by atoms with Gasteiger partial charge in [0.2, 0.25) is 0 Å². The largest absolute Gasteiger partial charge is 0.445 e. The van der Waals surface area contributed by atoms with Crippen molar-refractivity contribution in [1.29, 1.82) is 0 Å². The zero-order valence-corrected chi connectivity index (χ0v) is 12.2. The third-order valence-corrected chi connectivity index (χ3v) is 4.15. The molecule has 7 heteroatoms. The summed E-state index contributed by atoms with van der Waals surface area (Å²) in [4.78, 5) is 13.7. The van der Waals surface area contributed by atoms with Crippen molar-refractivity contribution in [3.05, 3.63) is 35.9 Å². The molecule has 2 aliphatic rings. The predicted molar refractivity (Wildman–Crippen MR) is 74.8 cm³/mol. The molecule has 2 saturated heterocycles. The Bertz CT molecular complexity index is 524. The van der Waals surface area contributed by atoms with E-state index < -0.39 is 36.7 Å². The molecule has 0 radical (unpaired) electrons. The lowest BCUT2D eigenvalue weighted by atomic mass is 10.1. The summed E-state index contributed by atoms with van der Waals surface area (Å²) in [6, 6.07) is 7.99. The molecule has 0 spiro atoms. The molecule has 5 atom stereocenters. The SMILES string of the molecule is CO[C@@H]1O[C@H]2[C@@H](O)[C@@H]1N(C(=O)OCc1ccccc1)[C@@H]2CO. The zero-order valence-electron chi connectivity index (χ0n) is 12.2. The number of hydrogen-bond acceptors (Lipinski definition) is 6. The second-order valence-corrected chi connectivity index (χ2v) is 5.38. The minimum atomic E-state index is -0.897. The second kappa shape index (κ2) is 6.21. The minimum absolute atomic E-state index is 0.125. The number of benzene rings is 1. The number of morpholine rings is 1. The van der Waals surface area contributed by atoms with Crippen molar-refractivity contribution in [3.63, 3.8) is 0 Å². The molecule has 0 saturated carbocycles. The molecule has 1 amide bonds. The number of amides is 1. The van der Waals surface area contributed by atoms with E-state index in [1.807, 2.05) is 30.3 Å². The maximum atomic E-state index is 12.4. The summed E-state index contributed by atoms with van der Waals surface area (Å²) in [5.74, 6) is 0. The van der Waals surface area contributed by atoms with Gasteiger partial charge in [-0.3, -0.25) is 4.90 Å². The van der Waals surface area contributed by atoms with E-state index in [9.17, 15) is 15.0 Å². The summed E-state index contributed by atoms with van der Waals surface area (Å²) in [6.45, 7) is -0.185. The third kappa shape index (κ3) is 2.46. The van der Waals surface area contributed by atoms with Crippen LogP contribution >= 0.6 is 0 Å². The Kier molecular flexibility index (Phi) is 4.30. The third-order valence-electron chi connectivity index (χ3n) is 4.15. The Morgan fingerprint density at radius 1 is 1.36 bits per heavy atom. The molecule has 2 fully saturated rings. The number of rotatable bonds is 4. The van der Waals surface area contributed by atoms with E-state index in [-0.39, 0.29) is 13.2 Å². The molecular formula is C15H19NO6. The average molecular weight is 309 g/mol. The number of carbonyl (C=O) groups excluding carboxylic acids is 1. The lowest BCUT2D eigenvalue weighted by molar-refractivity contribution is -0.183. The van der Waals surface area contributed by atoms with Gasteiger partial charge in [-0.2, -0.15) is 0 Å². The number of methoxy groups -OCH3 is 1. The van der Waals surface area contributed by atoms with Crippen LogP contribution in [0.2, 0.25) is 0 Å². The predicted octanol–water partition coefficient (Wildman–Crippen LogP) is 0.100. The zero-order chi connectivity index (χ0) is 15.7. The Morgan fingerprint density at radius 3 is 2.73 bits per heavy atom. The van der Waals surface area contributed by atoms with Crippen LogP contribution in [0.3, 0.4) is 0 Å². The topological polar surface area (TPSA) is 88.5 Å². The molecule has 0 unspecified atom stereocenters. The number of aliphatic hydroxyl groups is 2. The van der Waals surface area contributed by atoms with Gasteiger partial charge in [0.15, 0.2) is 6.29 Å². The molecule has 7 nitrogen and oxygen atoms in total. The highest BCUT2D eigenvalue weighted by Crippen LogP contribution is 2.38. The lowest BCUT2D eigenvalue weighted by Gasteiger charge is -2.36. The van der Waals surface area contributed by atoms with E-state index >= 15 is 0 Å². The van der Waals surface area contributed by atoms with Crippen molar-refractivity contribution >= 4 is 6.09 Å². The van der Waals surface area contributed by atoms with Gasteiger partial charge >= 0.3 is 6.09 Å². The number of fused-ring (bicyclic) bond motifs is 2. The smallest absolute Gasteiger partial charge is 0.411 e. The van der Waals surface area contributed by atoms with E-state index in [1.54, 1.807) is 0 Å². The fourth-order valence-electron chi connectivity index (χ4n) is 3.10. The van der Waals surface area contributed by atoms with Gasteiger partial charge in [0.1, 0.15) is 24.9 Å². The Hall–Kier alpha value is -1.67. The van der Waals surface area contributed by atoms with Crippen LogP contribution in [0.4, 0.5) is 4.79 Å². The molecule has 2 N–H and O–H groups in total. The number of nitrogens with zero attached hydrogens (tertiary/aromatic N) is 1. The highest BCUT2D eigenvalue weighted by Gasteiger charge is 2.61. The first-order valence-electron chi connectivity index (χ1n) is 7.13. The number of ether oxygens (including phenoxy) is 3. The van der Waals surface area contributed by atoms with Crippen LogP contribution in [0.15, 0.2) is 30.3 Å². The van der Waals surface area contributed by atoms with Crippen LogP contribution in [0.5, 0.6) is 0 Å². The van der Waals surface area contributed by atoms with Crippen LogP contribution < -0.4 is 0 Å². The van der Waals surface area contributed by atoms with Gasteiger partial charge in [-0.15, -0.1) is 0 Å². The molecule has 1 aromatic carbocycles. The van der Waals surface area contributed by atoms with E-state index in [2.05, 4.69) is 0 Å². The highest BCUT2D eigenvalue weighted by atomic mass is 16.7. The number of carbonyl (C=O) groups is 1. The van der Waals surface area contributed by atoms with Crippen molar-refractivity contribution in [2.45, 2.75) is 37.2 Å². The minimum Gasteiger partial charge on any atom is -0.445 e. The van der Waals surface area contributed by atoms with E-state index in [4.69, 9.17) is 14.2 Å². The molecule has 0 aromatic heterocycles. The molecule has 120 valence electrons. The molecule has 2 aliphatic heterocycles. The summed E-state index contributed by atoms with van der Waals surface area (Å²) in [6.07, 6.45) is -2.87. The number of aliphatic hydroxyl groups excluding tert-OH is 2. The fraction of sp³-hybridized carbons (Fsp3) is 0.533. The van der Waals surface area contributed by atoms with Gasteiger partial charge in [-0.1, -0.05) is 30.3 Å². The lowest BCUT2D eigenvalue weighted by Crippen LogP contribution is -2.54. The van der Waals surface area contributed by atoms with Gasteiger partial charge in [0, 0.05) is 7.11 Å². The van der Waals surface area contributed by atoms with Crippen molar-refractivity contribution in [2.75, 3.05) is 13.7 Å². The normalized spacial score (nSPS) is 33.2. The van der Waals surface area contributed by atoms with Crippen LogP contribution in [0, 0.1) is 0 Å². The van der Waals surface area contributed by atoms with E-state index in [0.717, 1.165) is 5.56 Å². The molecule has 2 heterocycles. The van der Waals surface area contributed by atoms with Crippen molar-refractivity contribution in [3.8, 4) is 0 Å². The average Bonchev–Trinajstić information content (AvgIpc) is 3.02. The molecule has 2 bridgehead atoms. The molecule has 3 rings (SSSR count). The maximum absolute atomic E-state index is 12.4. The second-order valence-electron chi connectivity index (χ2n) is 5.38. The summed E-state index contributed by atoms with van der Waals surface area (Å²) in [5.41, 5.74) is 0.862. The van der Waals surface area contributed by atoms with E-state index in [1.165, 1.54) is 12.0 Å². The summed E-state index contributed by atoms with van der Waals surface area (Å²) in [7, 11) is 1.44. The van der Waals surface area contributed by atoms with Crippen LogP contribution in [0.25, 0.3) is 0 Å². The van der Waals surface area contributed by atoms with Gasteiger partial charge < -0.3 is 24.4 Å². The fourth-order valence-corrected chi connectivity index (χ4v) is 3.10. The van der Waals surface area contributed by atoms with Crippen molar-refractivity contribution in [1.82, 2.24) is 4.90 Å². The van der Waals surface area contributed by atoms with Gasteiger partial charge in [0.25, 0.3) is 0 Å². The number of likely N-dealkylation sites (tertiary alicyclic amines) is 1. The maximum Gasteiger partial charge on any atom is 0.411 e. The van der Waals surface area contributed by atoms with Gasteiger partial charge in [0.05, 0.1) is 12.6 Å². The van der Waals surface area contributed by atoms with Gasteiger partial charge in [-0.05, 0) is 5.56 Å². The molecule has 22 heavy (non-hydrogen) atoms. The Balaban J connectivity index is 1.70. The first-order chi connectivity index (χ1) is 10.7. The Morgan fingerprint density at radius 2 is 2.09 bits per heavy atom. The van der Waals surface area contributed by atoms with Crippen LogP contribution in [0.1, 0.15) is 5.56 Å². The highest BCUT2D eigenvalue weighted by molar-refractivity contribution is 5.70. The summed E-state index contributed by atoms with van der Waals surface area (Å²) >= 11 is 0. The quantitative estimate of drug-likeness (QED) is 0.820. The number of hydrogen-bond donors (Lipinski definition) is 2. The molecule has 0 aliphatic carbocycles. The summed E-state index contributed by atoms with van der Waals surface area (Å²) in [5, 5.41) is 19.7. The van der Waals surface area contributed by atoms with Gasteiger partial charge in [-0.25, -0.2) is 4.79 Å². The first-order valence-corrected chi connectivity index (χ1v) is 7.13. The van der Waals surface area contributed by atoms with E-state index in [0.29, 0.717) is 0 Å². The molecular weight excluding hydrogens is 290 g/mol. The van der Waals surface area contributed by atoms with Crippen LogP contribution in [-0.2, 0) is 20.8 Å². The standard InChI is InChI=1S/C15H19NO6/c1-20-14-11-12(18)13(22-14)10(7-17)16(11)15(19)21-8-9-5-3-2-4-6-9/h2-6,10-14,17-18H,7-8H2,1H3/t10-,11+,12+,13-,14-/m1/s1. The first kappa shape index (κ1) is 15.2. The van der Waals surface area contributed by atoms with Crippen LogP contribution in [-0.4, -0.2) is 65.5 Å². The summed E-state index contributed by atoms with van der Waals surface area (Å²) < 4.78 is 15.9. The monoisotopic (exact) mass is 309 g/mol. The molecule has 1 aromatic rings. The van der Waals surface area contributed by atoms with Crippen molar-refractivity contribution in [2.24, 2.45) is 0 Å².